The van der Waals surface area contributed by atoms with Gasteiger partial charge >= 0.3 is 0 Å². The molecular formula is C26H26ClN3OS2. The van der Waals surface area contributed by atoms with E-state index in [0.717, 1.165) is 43.1 Å². The number of halogens is 1. The SMILES string of the molecule is CC(C)c1cccc2sc(N(Cc3ccccn3)C(=O)CCCSc3ccc(Cl)cc3)nc12. The van der Waals surface area contributed by atoms with Gasteiger partial charge < -0.3 is 0 Å². The number of amides is 1. The first-order valence-electron chi connectivity index (χ1n) is 11.0. The molecule has 0 saturated carbocycles. The van der Waals surface area contributed by atoms with Crippen LogP contribution in [0.2, 0.25) is 5.02 Å². The van der Waals surface area contributed by atoms with E-state index in [9.17, 15) is 4.79 Å². The number of anilines is 1. The van der Waals surface area contributed by atoms with Gasteiger partial charge in [-0.25, -0.2) is 4.98 Å². The molecule has 0 atom stereocenters. The Bertz CT molecular complexity index is 1210. The van der Waals surface area contributed by atoms with Gasteiger partial charge in [-0.3, -0.25) is 14.7 Å². The van der Waals surface area contributed by atoms with E-state index in [1.54, 1.807) is 34.2 Å². The van der Waals surface area contributed by atoms with E-state index in [-0.39, 0.29) is 5.91 Å². The first kappa shape index (κ1) is 23.7. The number of pyridine rings is 1. The van der Waals surface area contributed by atoms with Crippen molar-refractivity contribution < 1.29 is 4.79 Å². The molecule has 7 heteroatoms. The van der Waals surface area contributed by atoms with Crippen LogP contribution in [-0.2, 0) is 11.3 Å². The van der Waals surface area contributed by atoms with E-state index < -0.39 is 0 Å². The molecule has 0 radical (unpaired) electrons. The zero-order chi connectivity index (χ0) is 23.2. The second-order valence-electron chi connectivity index (χ2n) is 8.05. The van der Waals surface area contributed by atoms with Crippen LogP contribution in [0.3, 0.4) is 0 Å². The Balaban J connectivity index is 1.51. The van der Waals surface area contributed by atoms with Crippen LogP contribution in [0.5, 0.6) is 0 Å². The molecule has 2 aromatic carbocycles. The van der Waals surface area contributed by atoms with E-state index in [1.807, 2.05) is 42.5 Å². The van der Waals surface area contributed by atoms with E-state index in [0.29, 0.717) is 18.9 Å². The molecule has 4 aromatic rings. The molecule has 170 valence electrons. The van der Waals surface area contributed by atoms with Crippen molar-refractivity contribution >= 4 is 56.0 Å². The summed E-state index contributed by atoms with van der Waals surface area (Å²) in [4.78, 5) is 25.6. The predicted molar refractivity (Wildman–Crippen MR) is 141 cm³/mol. The van der Waals surface area contributed by atoms with Gasteiger partial charge in [-0.1, -0.05) is 55.0 Å². The summed E-state index contributed by atoms with van der Waals surface area (Å²) >= 11 is 9.27. The molecule has 0 spiro atoms. The zero-order valence-corrected chi connectivity index (χ0v) is 21.1. The fraction of sp³-hybridized carbons (Fsp3) is 0.269. The number of hydrogen-bond acceptors (Lipinski definition) is 5. The van der Waals surface area contributed by atoms with Crippen LogP contribution >= 0.6 is 34.7 Å². The van der Waals surface area contributed by atoms with Gasteiger partial charge in [0.2, 0.25) is 5.91 Å². The van der Waals surface area contributed by atoms with Gasteiger partial charge in [-0.2, -0.15) is 0 Å². The minimum absolute atomic E-state index is 0.0718. The Morgan fingerprint density at radius 1 is 1.09 bits per heavy atom. The van der Waals surface area contributed by atoms with Gasteiger partial charge in [-0.15, -0.1) is 11.8 Å². The molecule has 0 unspecified atom stereocenters. The molecule has 0 N–H and O–H groups in total. The fourth-order valence-corrected chi connectivity index (χ4v) is 5.53. The number of rotatable bonds is 9. The second-order valence-corrected chi connectivity index (χ2v) is 10.7. The summed E-state index contributed by atoms with van der Waals surface area (Å²) in [7, 11) is 0. The minimum atomic E-state index is 0.0718. The molecule has 4 nitrogen and oxygen atoms in total. The highest BCUT2D eigenvalue weighted by atomic mass is 35.5. The Kier molecular flexibility index (Phi) is 8.02. The number of carbonyl (C=O) groups excluding carboxylic acids is 1. The van der Waals surface area contributed by atoms with Crippen molar-refractivity contribution in [2.45, 2.75) is 44.0 Å². The fourth-order valence-electron chi connectivity index (χ4n) is 3.53. The van der Waals surface area contributed by atoms with E-state index in [1.165, 1.54) is 5.56 Å². The van der Waals surface area contributed by atoms with Gasteiger partial charge in [0.1, 0.15) is 0 Å². The number of benzene rings is 2. The Labute approximate surface area is 208 Å². The quantitative estimate of drug-likeness (QED) is 0.177. The molecule has 0 aliphatic rings. The Morgan fingerprint density at radius 2 is 1.91 bits per heavy atom. The van der Waals surface area contributed by atoms with Crippen LogP contribution in [0.4, 0.5) is 5.13 Å². The van der Waals surface area contributed by atoms with Gasteiger partial charge in [0, 0.05) is 22.5 Å². The largest absolute Gasteiger partial charge is 0.282 e. The van der Waals surface area contributed by atoms with Crippen molar-refractivity contribution in [3.05, 3.63) is 83.1 Å². The van der Waals surface area contributed by atoms with Crippen molar-refractivity contribution in [1.82, 2.24) is 9.97 Å². The van der Waals surface area contributed by atoms with Crippen molar-refractivity contribution in [3.63, 3.8) is 0 Å². The number of fused-ring (bicyclic) bond motifs is 1. The highest BCUT2D eigenvalue weighted by Crippen LogP contribution is 2.34. The summed E-state index contributed by atoms with van der Waals surface area (Å²) in [5, 5.41) is 1.47. The molecule has 0 aliphatic carbocycles. The molecule has 0 aliphatic heterocycles. The van der Waals surface area contributed by atoms with Crippen molar-refractivity contribution in [2.24, 2.45) is 0 Å². The highest BCUT2D eigenvalue weighted by molar-refractivity contribution is 7.99. The van der Waals surface area contributed by atoms with Crippen LogP contribution in [0.1, 0.15) is 43.9 Å². The Morgan fingerprint density at radius 3 is 2.64 bits per heavy atom. The zero-order valence-electron chi connectivity index (χ0n) is 18.7. The second kappa shape index (κ2) is 11.1. The van der Waals surface area contributed by atoms with Gasteiger partial charge in [-0.05, 0) is 66.1 Å². The number of thiazole rings is 1. The number of thioether (sulfide) groups is 1. The highest BCUT2D eigenvalue weighted by Gasteiger charge is 2.21. The number of hydrogen-bond donors (Lipinski definition) is 0. The molecule has 1 amide bonds. The normalized spacial score (nSPS) is 11.3. The first-order chi connectivity index (χ1) is 16.0. The maximum absolute atomic E-state index is 13.3. The molecule has 0 bridgehead atoms. The molecular weight excluding hydrogens is 470 g/mol. The third-order valence-corrected chi connectivity index (χ3v) is 7.65. The molecule has 2 heterocycles. The van der Waals surface area contributed by atoms with Crippen molar-refractivity contribution in [3.8, 4) is 0 Å². The van der Waals surface area contributed by atoms with Crippen LogP contribution in [0, 0.1) is 0 Å². The van der Waals surface area contributed by atoms with E-state index in [2.05, 4.69) is 37.0 Å². The lowest BCUT2D eigenvalue weighted by molar-refractivity contribution is -0.118. The van der Waals surface area contributed by atoms with Crippen LogP contribution < -0.4 is 4.90 Å². The lowest BCUT2D eigenvalue weighted by atomic mass is 10.0. The van der Waals surface area contributed by atoms with E-state index in [4.69, 9.17) is 16.6 Å². The third-order valence-electron chi connectivity index (χ3n) is 5.26. The summed E-state index contributed by atoms with van der Waals surface area (Å²) in [6, 6.07) is 19.8. The smallest absolute Gasteiger partial charge is 0.229 e. The average Bonchev–Trinajstić information content (AvgIpc) is 3.26. The summed E-state index contributed by atoms with van der Waals surface area (Å²) in [6.45, 7) is 4.76. The molecule has 0 saturated heterocycles. The lowest BCUT2D eigenvalue weighted by Crippen LogP contribution is -2.30. The first-order valence-corrected chi connectivity index (χ1v) is 13.2. The Hall–Kier alpha value is -2.41. The predicted octanol–water partition coefficient (Wildman–Crippen LogP) is 7.57. The maximum Gasteiger partial charge on any atom is 0.229 e. The van der Waals surface area contributed by atoms with Crippen LogP contribution in [0.25, 0.3) is 10.2 Å². The van der Waals surface area contributed by atoms with Crippen LogP contribution in [0.15, 0.2) is 71.8 Å². The van der Waals surface area contributed by atoms with Crippen molar-refractivity contribution in [1.29, 1.82) is 0 Å². The summed E-state index contributed by atoms with van der Waals surface area (Å²) in [5.41, 5.74) is 3.05. The number of para-hydroxylation sites is 1. The van der Waals surface area contributed by atoms with Crippen LogP contribution in [-0.4, -0.2) is 21.6 Å². The standard InChI is InChI=1S/C26H26ClN3OS2/c1-18(2)22-8-5-9-23-25(22)29-26(33-23)30(17-20-7-3-4-15-28-20)24(31)10-6-16-32-21-13-11-19(27)12-14-21/h3-5,7-9,11-15,18H,6,10,16-17H2,1-2H3. The lowest BCUT2D eigenvalue weighted by Gasteiger charge is -2.19. The van der Waals surface area contributed by atoms with E-state index >= 15 is 0 Å². The van der Waals surface area contributed by atoms with Crippen molar-refractivity contribution in [2.75, 3.05) is 10.7 Å². The molecule has 2 aromatic heterocycles. The molecule has 0 fully saturated rings. The molecule has 4 rings (SSSR count). The van der Waals surface area contributed by atoms with Gasteiger partial charge in [0.25, 0.3) is 0 Å². The maximum atomic E-state index is 13.3. The summed E-state index contributed by atoms with van der Waals surface area (Å²) in [5.74, 6) is 1.30. The summed E-state index contributed by atoms with van der Waals surface area (Å²) < 4.78 is 1.10. The average molecular weight is 496 g/mol. The third kappa shape index (κ3) is 6.14. The number of carbonyl (C=O) groups is 1. The minimum Gasteiger partial charge on any atom is -0.282 e. The monoisotopic (exact) mass is 495 g/mol. The number of aromatic nitrogens is 2. The van der Waals surface area contributed by atoms with Gasteiger partial charge in [0.05, 0.1) is 22.5 Å². The summed E-state index contributed by atoms with van der Waals surface area (Å²) in [6.07, 6.45) is 3.00. The number of nitrogens with zero attached hydrogens (tertiary/aromatic N) is 3. The van der Waals surface area contributed by atoms with Gasteiger partial charge in [0.15, 0.2) is 5.13 Å². The molecule has 33 heavy (non-hydrogen) atoms. The topological polar surface area (TPSA) is 46.1 Å².